The van der Waals surface area contributed by atoms with Crippen LogP contribution in [0.5, 0.6) is 5.75 Å². The highest BCUT2D eigenvalue weighted by Gasteiger charge is 2.40. The molecule has 3 rings (SSSR count). The Kier molecular flexibility index (Phi) is 5.69. The number of non-ortho nitro benzene ring substituents is 1. The number of nitro groups is 1. The Bertz CT molecular complexity index is 964. The van der Waals surface area contributed by atoms with Crippen molar-refractivity contribution in [3.63, 3.8) is 0 Å². The van der Waals surface area contributed by atoms with E-state index in [4.69, 9.17) is 0 Å². The molecule has 1 fully saturated rings. The molecule has 144 valence electrons. The number of nitro benzene ring substituents is 1. The van der Waals surface area contributed by atoms with Crippen LogP contribution < -0.4 is 10.7 Å². The van der Waals surface area contributed by atoms with Crippen LogP contribution in [0.4, 0.5) is 5.69 Å². The van der Waals surface area contributed by atoms with Gasteiger partial charge in [-0.05, 0) is 21.5 Å². The summed E-state index contributed by atoms with van der Waals surface area (Å²) in [4.78, 5) is 34.9. The monoisotopic (exact) mass is 446 g/mol. The second kappa shape index (κ2) is 8.17. The predicted octanol–water partition coefficient (Wildman–Crippen LogP) is 2.04. The van der Waals surface area contributed by atoms with E-state index in [9.17, 15) is 24.8 Å². The maximum atomic E-state index is 12.5. The van der Waals surface area contributed by atoms with Gasteiger partial charge in [0.05, 0.1) is 15.6 Å². The fourth-order valence-corrected chi connectivity index (χ4v) is 3.44. The zero-order valence-electron chi connectivity index (χ0n) is 14.3. The highest BCUT2D eigenvalue weighted by atomic mass is 79.9. The smallest absolute Gasteiger partial charge is 0.271 e. The van der Waals surface area contributed by atoms with Crippen molar-refractivity contribution in [2.75, 3.05) is 6.54 Å². The second-order valence-electron chi connectivity index (χ2n) is 6.10. The van der Waals surface area contributed by atoms with Crippen LogP contribution in [-0.4, -0.2) is 34.6 Å². The first-order valence-corrected chi connectivity index (χ1v) is 9.00. The standard InChI is InChI=1S/C18H15BrN4O5/c19-14-7-12(23(27)28)6-11(16(14)24)8-21-22-18(26)15-13(9-20-17(15)25)10-4-2-1-3-5-10/h1-8,13,15,24H,9H2,(H,20,25)(H,22,26)/b21-8-. The number of nitrogens with zero attached hydrogens (tertiary/aromatic N) is 2. The number of nitrogens with one attached hydrogen (secondary N) is 2. The summed E-state index contributed by atoms with van der Waals surface area (Å²) in [5, 5.41) is 27.3. The molecule has 1 saturated heterocycles. The Labute approximate surface area is 167 Å². The summed E-state index contributed by atoms with van der Waals surface area (Å²) in [7, 11) is 0. The Balaban J connectivity index is 1.76. The van der Waals surface area contributed by atoms with Gasteiger partial charge in [-0.2, -0.15) is 5.10 Å². The van der Waals surface area contributed by atoms with Crippen molar-refractivity contribution in [1.29, 1.82) is 0 Å². The molecule has 2 amide bonds. The normalized spacial score (nSPS) is 18.8. The average Bonchev–Trinajstić information content (AvgIpc) is 3.07. The third-order valence-electron chi connectivity index (χ3n) is 4.36. The molecule has 2 unspecified atom stereocenters. The first-order valence-electron chi connectivity index (χ1n) is 8.21. The van der Waals surface area contributed by atoms with Gasteiger partial charge >= 0.3 is 0 Å². The van der Waals surface area contributed by atoms with Crippen LogP contribution in [0, 0.1) is 16.0 Å². The zero-order chi connectivity index (χ0) is 20.3. The number of phenolic OH excluding ortho intramolecular Hbond substituents is 1. The van der Waals surface area contributed by atoms with Gasteiger partial charge in [-0.15, -0.1) is 0 Å². The zero-order valence-corrected chi connectivity index (χ0v) is 15.9. The van der Waals surface area contributed by atoms with Crippen LogP contribution >= 0.6 is 15.9 Å². The molecular weight excluding hydrogens is 432 g/mol. The molecule has 28 heavy (non-hydrogen) atoms. The summed E-state index contributed by atoms with van der Waals surface area (Å²) >= 11 is 3.03. The lowest BCUT2D eigenvalue weighted by atomic mass is 9.88. The van der Waals surface area contributed by atoms with Gasteiger partial charge in [0.2, 0.25) is 5.91 Å². The van der Waals surface area contributed by atoms with Crippen molar-refractivity contribution in [1.82, 2.24) is 10.7 Å². The molecule has 0 aromatic heterocycles. The largest absolute Gasteiger partial charge is 0.506 e. The second-order valence-corrected chi connectivity index (χ2v) is 6.95. The van der Waals surface area contributed by atoms with Gasteiger partial charge in [-0.3, -0.25) is 19.7 Å². The first-order chi connectivity index (χ1) is 13.4. The molecule has 0 radical (unpaired) electrons. The van der Waals surface area contributed by atoms with E-state index in [-0.39, 0.29) is 27.4 Å². The van der Waals surface area contributed by atoms with E-state index >= 15 is 0 Å². The number of halogens is 1. The number of amides is 2. The predicted molar refractivity (Wildman–Crippen MR) is 104 cm³/mol. The van der Waals surface area contributed by atoms with Crippen molar-refractivity contribution in [2.24, 2.45) is 11.0 Å². The fraction of sp³-hybridized carbons (Fsp3) is 0.167. The number of carbonyl (C=O) groups excluding carboxylic acids is 2. The minimum absolute atomic E-state index is 0.0388. The number of carbonyl (C=O) groups is 2. The molecule has 2 aromatic carbocycles. The topological polar surface area (TPSA) is 134 Å². The van der Waals surface area contributed by atoms with Crippen LogP contribution in [0.3, 0.4) is 0 Å². The molecular formula is C18H15BrN4O5. The van der Waals surface area contributed by atoms with E-state index in [0.29, 0.717) is 6.54 Å². The third kappa shape index (κ3) is 4.01. The molecule has 1 heterocycles. The highest BCUT2D eigenvalue weighted by molar-refractivity contribution is 9.10. The van der Waals surface area contributed by atoms with Crippen LogP contribution in [-0.2, 0) is 9.59 Å². The van der Waals surface area contributed by atoms with Crippen LogP contribution in [0.25, 0.3) is 0 Å². The minimum Gasteiger partial charge on any atom is -0.506 e. The van der Waals surface area contributed by atoms with Gasteiger partial charge in [0.15, 0.2) is 0 Å². The Morgan fingerprint density at radius 3 is 2.75 bits per heavy atom. The van der Waals surface area contributed by atoms with Gasteiger partial charge < -0.3 is 10.4 Å². The fourth-order valence-electron chi connectivity index (χ4n) is 2.98. The Morgan fingerprint density at radius 2 is 2.07 bits per heavy atom. The van der Waals surface area contributed by atoms with E-state index in [1.807, 2.05) is 30.3 Å². The van der Waals surface area contributed by atoms with E-state index in [1.54, 1.807) is 0 Å². The van der Waals surface area contributed by atoms with Crippen molar-refractivity contribution < 1.29 is 19.6 Å². The summed E-state index contributed by atoms with van der Waals surface area (Å²) < 4.78 is 0.119. The van der Waals surface area contributed by atoms with Crippen molar-refractivity contribution in [3.8, 4) is 5.75 Å². The summed E-state index contributed by atoms with van der Waals surface area (Å²) in [5.74, 6) is -2.55. The maximum absolute atomic E-state index is 12.5. The molecule has 0 bridgehead atoms. The number of rotatable bonds is 5. The van der Waals surface area contributed by atoms with Gasteiger partial charge in [0.1, 0.15) is 11.7 Å². The molecule has 0 spiro atoms. The van der Waals surface area contributed by atoms with Crippen molar-refractivity contribution in [2.45, 2.75) is 5.92 Å². The molecule has 2 aromatic rings. The molecule has 10 heteroatoms. The third-order valence-corrected chi connectivity index (χ3v) is 4.96. The molecule has 1 aliphatic rings. The molecule has 2 atom stereocenters. The van der Waals surface area contributed by atoms with Gasteiger partial charge in [0.25, 0.3) is 11.6 Å². The van der Waals surface area contributed by atoms with Crippen LogP contribution in [0.2, 0.25) is 0 Å². The van der Waals surface area contributed by atoms with Crippen molar-refractivity contribution >= 4 is 39.6 Å². The van der Waals surface area contributed by atoms with Gasteiger partial charge in [0, 0.05) is 30.2 Å². The van der Waals surface area contributed by atoms with E-state index < -0.39 is 22.7 Å². The van der Waals surface area contributed by atoms with Crippen LogP contribution in [0.1, 0.15) is 17.0 Å². The molecule has 3 N–H and O–H groups in total. The van der Waals surface area contributed by atoms with Crippen LogP contribution in [0.15, 0.2) is 52.0 Å². The molecule has 9 nitrogen and oxygen atoms in total. The average molecular weight is 447 g/mol. The SMILES string of the molecule is O=C1NCC(c2ccccc2)C1C(=O)N/N=C\c1cc([N+](=O)[O-])cc(Br)c1O. The lowest BCUT2D eigenvalue weighted by Gasteiger charge is -2.15. The summed E-state index contributed by atoms with van der Waals surface area (Å²) in [5.41, 5.74) is 2.91. The minimum atomic E-state index is -0.954. The lowest BCUT2D eigenvalue weighted by molar-refractivity contribution is -0.385. The summed E-state index contributed by atoms with van der Waals surface area (Å²) in [6.07, 6.45) is 1.08. The van der Waals surface area contributed by atoms with Crippen molar-refractivity contribution in [3.05, 3.63) is 68.2 Å². The van der Waals surface area contributed by atoms with Gasteiger partial charge in [-0.1, -0.05) is 30.3 Å². The van der Waals surface area contributed by atoms with Gasteiger partial charge in [-0.25, -0.2) is 5.43 Å². The Morgan fingerprint density at radius 1 is 1.36 bits per heavy atom. The molecule has 0 aliphatic carbocycles. The number of aromatic hydroxyl groups is 1. The Hall–Kier alpha value is -3.27. The first kappa shape index (κ1) is 19.5. The summed E-state index contributed by atoms with van der Waals surface area (Å²) in [6, 6.07) is 11.4. The number of hydrogen-bond acceptors (Lipinski definition) is 6. The number of phenols is 1. The van der Waals surface area contributed by atoms with E-state index in [0.717, 1.165) is 23.9 Å². The van der Waals surface area contributed by atoms with E-state index in [2.05, 4.69) is 31.8 Å². The summed E-state index contributed by atoms with van der Waals surface area (Å²) in [6.45, 7) is 0.337. The lowest BCUT2D eigenvalue weighted by Crippen LogP contribution is -2.34. The highest BCUT2D eigenvalue weighted by Crippen LogP contribution is 2.32. The number of hydrogen-bond donors (Lipinski definition) is 3. The molecule has 1 aliphatic heterocycles. The molecule has 0 saturated carbocycles. The number of benzene rings is 2. The number of hydrazone groups is 1. The van der Waals surface area contributed by atoms with E-state index in [1.165, 1.54) is 0 Å². The maximum Gasteiger partial charge on any atom is 0.271 e. The quantitative estimate of drug-likeness (QED) is 0.279.